The van der Waals surface area contributed by atoms with Crippen LogP contribution in [0.1, 0.15) is 18.4 Å². The van der Waals surface area contributed by atoms with Crippen LogP contribution in [0, 0.1) is 0 Å². The normalized spacial score (nSPS) is 15.3. The molecule has 1 fully saturated rings. The zero-order chi connectivity index (χ0) is 20.9. The van der Waals surface area contributed by atoms with Crippen LogP contribution in [0.2, 0.25) is 0 Å². The number of para-hydroxylation sites is 2. The van der Waals surface area contributed by atoms with E-state index in [0.29, 0.717) is 38.6 Å². The van der Waals surface area contributed by atoms with Crippen LogP contribution in [0.25, 0.3) is 0 Å². The number of hydrogen-bond acceptors (Lipinski definition) is 5. The third-order valence-electron chi connectivity index (χ3n) is 5.07. The van der Waals surface area contributed by atoms with Gasteiger partial charge in [0.2, 0.25) is 11.8 Å². The van der Waals surface area contributed by atoms with Crippen LogP contribution in [0.3, 0.4) is 0 Å². The highest BCUT2D eigenvalue weighted by Gasteiger charge is 2.24. The van der Waals surface area contributed by atoms with Crippen LogP contribution in [-0.4, -0.2) is 44.2 Å². The van der Waals surface area contributed by atoms with E-state index in [0.717, 1.165) is 16.9 Å². The molecule has 2 aliphatic heterocycles. The van der Waals surface area contributed by atoms with Gasteiger partial charge in [-0.3, -0.25) is 14.5 Å². The minimum atomic E-state index is -0.362. The van der Waals surface area contributed by atoms with Gasteiger partial charge in [0.25, 0.3) is 0 Å². The fourth-order valence-electron chi connectivity index (χ4n) is 3.54. The first-order valence-electron chi connectivity index (χ1n) is 9.94. The highest BCUT2D eigenvalue weighted by atomic mass is 16.6. The minimum absolute atomic E-state index is 0.101. The molecule has 0 aromatic heterocycles. The van der Waals surface area contributed by atoms with Gasteiger partial charge in [0.1, 0.15) is 19.0 Å². The monoisotopic (exact) mass is 409 g/mol. The van der Waals surface area contributed by atoms with Gasteiger partial charge in [-0.2, -0.15) is 0 Å². The standard InChI is InChI=1S/C22H23N3O5/c26-20(8-9-21(27)25-11-12-29-19-7-2-1-6-18(19)25)23-15-16-4-3-5-17(14-16)24-10-13-30-22(24)28/h1-7,14H,8-13,15H2,(H,23,26). The number of anilines is 2. The van der Waals surface area contributed by atoms with E-state index >= 15 is 0 Å². The Morgan fingerprint density at radius 3 is 2.63 bits per heavy atom. The number of fused-ring (bicyclic) bond motifs is 1. The van der Waals surface area contributed by atoms with Crippen molar-refractivity contribution in [3.8, 4) is 5.75 Å². The van der Waals surface area contributed by atoms with Gasteiger partial charge in [-0.1, -0.05) is 24.3 Å². The molecule has 2 aromatic carbocycles. The molecule has 8 heteroatoms. The first-order valence-corrected chi connectivity index (χ1v) is 9.94. The van der Waals surface area contributed by atoms with Crippen LogP contribution in [0.5, 0.6) is 5.75 Å². The van der Waals surface area contributed by atoms with Gasteiger partial charge < -0.3 is 19.7 Å². The number of carbonyl (C=O) groups excluding carboxylic acids is 3. The lowest BCUT2D eigenvalue weighted by molar-refractivity contribution is -0.125. The Labute approximate surface area is 174 Å². The van der Waals surface area contributed by atoms with Crippen molar-refractivity contribution in [2.45, 2.75) is 19.4 Å². The highest BCUT2D eigenvalue weighted by molar-refractivity contribution is 5.97. The maximum Gasteiger partial charge on any atom is 0.414 e. The number of rotatable bonds is 6. The molecule has 1 N–H and O–H groups in total. The molecule has 0 atom stereocenters. The fourth-order valence-corrected chi connectivity index (χ4v) is 3.54. The minimum Gasteiger partial charge on any atom is -0.490 e. The summed E-state index contributed by atoms with van der Waals surface area (Å²) < 4.78 is 10.5. The fraction of sp³-hybridized carbons (Fsp3) is 0.318. The van der Waals surface area contributed by atoms with Crippen LogP contribution in [-0.2, 0) is 20.9 Å². The first kappa shape index (κ1) is 19.8. The topological polar surface area (TPSA) is 88.2 Å². The summed E-state index contributed by atoms with van der Waals surface area (Å²) >= 11 is 0. The van der Waals surface area contributed by atoms with Crippen molar-refractivity contribution in [2.24, 2.45) is 0 Å². The number of amides is 3. The van der Waals surface area contributed by atoms with Gasteiger partial charge in [-0.25, -0.2) is 4.79 Å². The summed E-state index contributed by atoms with van der Waals surface area (Å²) in [6.45, 7) is 2.13. The lowest BCUT2D eigenvalue weighted by atomic mass is 10.1. The van der Waals surface area contributed by atoms with Crippen molar-refractivity contribution in [3.63, 3.8) is 0 Å². The maximum absolute atomic E-state index is 12.6. The van der Waals surface area contributed by atoms with E-state index in [9.17, 15) is 14.4 Å². The molecular formula is C22H23N3O5. The summed E-state index contributed by atoms with van der Waals surface area (Å²) in [5.74, 6) is 0.384. The molecule has 156 valence electrons. The van der Waals surface area contributed by atoms with E-state index in [1.54, 1.807) is 9.80 Å². The van der Waals surface area contributed by atoms with Crippen molar-refractivity contribution in [1.82, 2.24) is 5.32 Å². The van der Waals surface area contributed by atoms with E-state index in [-0.39, 0.29) is 30.7 Å². The molecule has 2 heterocycles. The number of benzene rings is 2. The Morgan fingerprint density at radius 2 is 1.80 bits per heavy atom. The predicted molar refractivity (Wildman–Crippen MR) is 111 cm³/mol. The van der Waals surface area contributed by atoms with Gasteiger partial charge in [0, 0.05) is 25.1 Å². The van der Waals surface area contributed by atoms with Gasteiger partial charge in [-0.05, 0) is 29.8 Å². The van der Waals surface area contributed by atoms with Gasteiger partial charge in [0.05, 0.1) is 18.8 Å². The predicted octanol–water partition coefficient (Wildman–Crippen LogP) is 2.47. The number of carbonyl (C=O) groups is 3. The van der Waals surface area contributed by atoms with Crippen LogP contribution in [0.15, 0.2) is 48.5 Å². The number of nitrogens with one attached hydrogen (secondary N) is 1. The summed E-state index contributed by atoms with van der Waals surface area (Å²) in [5, 5.41) is 2.84. The average molecular weight is 409 g/mol. The Morgan fingerprint density at radius 1 is 0.967 bits per heavy atom. The van der Waals surface area contributed by atoms with Gasteiger partial charge in [-0.15, -0.1) is 0 Å². The molecule has 0 bridgehead atoms. The molecule has 0 saturated carbocycles. The summed E-state index contributed by atoms with van der Waals surface area (Å²) in [7, 11) is 0. The number of ether oxygens (including phenoxy) is 2. The van der Waals surface area contributed by atoms with E-state index < -0.39 is 0 Å². The van der Waals surface area contributed by atoms with E-state index in [1.807, 2.05) is 48.5 Å². The van der Waals surface area contributed by atoms with Gasteiger partial charge >= 0.3 is 6.09 Å². The van der Waals surface area contributed by atoms with Crippen LogP contribution in [0.4, 0.5) is 16.2 Å². The molecule has 0 spiro atoms. The summed E-state index contributed by atoms with van der Waals surface area (Å²) in [6, 6.07) is 14.8. The molecular weight excluding hydrogens is 386 g/mol. The number of hydrogen-bond donors (Lipinski definition) is 1. The number of cyclic esters (lactones) is 1. The lowest BCUT2D eigenvalue weighted by Crippen LogP contribution is -2.38. The third-order valence-corrected chi connectivity index (χ3v) is 5.07. The summed E-state index contributed by atoms with van der Waals surface area (Å²) in [6.07, 6.45) is -0.129. The molecule has 0 aliphatic carbocycles. The zero-order valence-corrected chi connectivity index (χ0v) is 16.5. The Kier molecular flexibility index (Phi) is 5.83. The molecule has 2 aliphatic rings. The second-order valence-corrected chi connectivity index (χ2v) is 7.07. The Hall–Kier alpha value is -3.55. The average Bonchev–Trinajstić information content (AvgIpc) is 3.21. The zero-order valence-electron chi connectivity index (χ0n) is 16.5. The van der Waals surface area contributed by atoms with E-state index in [4.69, 9.17) is 9.47 Å². The molecule has 8 nitrogen and oxygen atoms in total. The molecule has 3 amide bonds. The second-order valence-electron chi connectivity index (χ2n) is 7.07. The Balaban J connectivity index is 1.28. The second kappa shape index (κ2) is 8.86. The summed E-state index contributed by atoms with van der Waals surface area (Å²) in [4.78, 5) is 39.8. The van der Waals surface area contributed by atoms with Crippen molar-refractivity contribution < 1.29 is 23.9 Å². The molecule has 30 heavy (non-hydrogen) atoms. The highest BCUT2D eigenvalue weighted by Crippen LogP contribution is 2.31. The molecule has 0 unspecified atom stereocenters. The quantitative estimate of drug-likeness (QED) is 0.792. The van der Waals surface area contributed by atoms with Crippen molar-refractivity contribution in [2.75, 3.05) is 36.1 Å². The first-order chi connectivity index (χ1) is 14.6. The lowest BCUT2D eigenvalue weighted by Gasteiger charge is -2.29. The van der Waals surface area contributed by atoms with Crippen LogP contribution < -0.4 is 19.9 Å². The third kappa shape index (κ3) is 4.37. The van der Waals surface area contributed by atoms with Crippen molar-refractivity contribution >= 4 is 29.3 Å². The van der Waals surface area contributed by atoms with E-state index in [2.05, 4.69) is 5.32 Å². The molecule has 4 rings (SSSR count). The van der Waals surface area contributed by atoms with E-state index in [1.165, 1.54) is 0 Å². The van der Waals surface area contributed by atoms with Crippen molar-refractivity contribution in [3.05, 3.63) is 54.1 Å². The SMILES string of the molecule is O=C(CCC(=O)N1CCOc2ccccc21)NCc1cccc(N2CCOC2=O)c1. The molecule has 0 radical (unpaired) electrons. The maximum atomic E-state index is 12.6. The molecule has 2 aromatic rings. The molecule has 1 saturated heterocycles. The van der Waals surface area contributed by atoms with Gasteiger partial charge in [0.15, 0.2) is 0 Å². The largest absolute Gasteiger partial charge is 0.490 e. The van der Waals surface area contributed by atoms with Crippen molar-refractivity contribution in [1.29, 1.82) is 0 Å². The Bertz CT molecular complexity index is 961. The number of nitrogens with zero attached hydrogens (tertiary/aromatic N) is 2. The van der Waals surface area contributed by atoms with Crippen LogP contribution >= 0.6 is 0 Å². The summed E-state index contributed by atoms with van der Waals surface area (Å²) in [5.41, 5.74) is 2.35. The smallest absolute Gasteiger partial charge is 0.414 e.